The minimum Gasteiger partial charge on any atom is -0.322 e. The zero-order valence-corrected chi connectivity index (χ0v) is 10.7. The fourth-order valence-corrected chi connectivity index (χ4v) is 2.84. The second-order valence-corrected chi connectivity index (χ2v) is 6.01. The summed E-state index contributed by atoms with van der Waals surface area (Å²) >= 11 is 0. The van der Waals surface area contributed by atoms with Gasteiger partial charge in [-0.05, 0) is 42.9 Å². The summed E-state index contributed by atoms with van der Waals surface area (Å²) in [5.41, 5.74) is 6.30. The summed E-state index contributed by atoms with van der Waals surface area (Å²) in [5, 5.41) is 0. The minimum absolute atomic E-state index is 0.202. The molecule has 19 heavy (non-hydrogen) atoms. The SMILES string of the molecule is CC1(N)C=C(c2cccc(C3(C(F)(F)F)CC3)c2)C1. The topological polar surface area (TPSA) is 26.0 Å². The monoisotopic (exact) mass is 267 g/mol. The first kappa shape index (κ1) is 12.7. The highest BCUT2D eigenvalue weighted by Crippen LogP contribution is 2.59. The van der Waals surface area contributed by atoms with Crippen LogP contribution in [0.4, 0.5) is 13.2 Å². The Hall–Kier alpha value is -1.29. The Balaban J connectivity index is 1.95. The molecule has 4 heteroatoms. The van der Waals surface area contributed by atoms with Gasteiger partial charge >= 0.3 is 6.18 Å². The fourth-order valence-electron chi connectivity index (χ4n) is 2.84. The summed E-state index contributed by atoms with van der Waals surface area (Å²) in [6.07, 6.45) is -1.10. The maximum absolute atomic E-state index is 13.1. The molecule has 0 saturated heterocycles. The molecular weight excluding hydrogens is 251 g/mol. The Bertz CT molecular complexity index is 551. The zero-order chi connectivity index (χ0) is 13.9. The van der Waals surface area contributed by atoms with Crippen LogP contribution in [0.15, 0.2) is 30.3 Å². The summed E-state index contributed by atoms with van der Waals surface area (Å²) in [5.74, 6) is 0. The molecule has 0 spiro atoms. The molecule has 1 unspecified atom stereocenters. The molecular formula is C15H16F3N. The van der Waals surface area contributed by atoms with E-state index in [9.17, 15) is 13.2 Å². The van der Waals surface area contributed by atoms with E-state index in [2.05, 4.69) is 0 Å². The van der Waals surface area contributed by atoms with Gasteiger partial charge in [-0.2, -0.15) is 13.2 Å². The number of alkyl halides is 3. The van der Waals surface area contributed by atoms with Crippen molar-refractivity contribution in [3.05, 3.63) is 41.5 Å². The van der Waals surface area contributed by atoms with Crippen molar-refractivity contribution in [3.8, 4) is 0 Å². The normalized spacial score (nSPS) is 28.6. The molecule has 1 aromatic carbocycles. The van der Waals surface area contributed by atoms with Crippen molar-refractivity contribution in [2.75, 3.05) is 0 Å². The van der Waals surface area contributed by atoms with Crippen LogP contribution in [-0.4, -0.2) is 11.7 Å². The molecule has 0 aliphatic heterocycles. The molecule has 0 heterocycles. The summed E-state index contributed by atoms with van der Waals surface area (Å²) < 4.78 is 39.3. The molecule has 1 saturated carbocycles. The van der Waals surface area contributed by atoms with Gasteiger partial charge in [0.15, 0.2) is 0 Å². The smallest absolute Gasteiger partial charge is 0.322 e. The van der Waals surface area contributed by atoms with Gasteiger partial charge in [0.05, 0.1) is 5.41 Å². The number of halogens is 3. The largest absolute Gasteiger partial charge is 0.398 e. The molecule has 0 amide bonds. The maximum Gasteiger partial charge on any atom is 0.398 e. The standard InChI is InChI=1S/C15H16F3N/c1-13(19)8-11(9-13)10-3-2-4-12(7-10)14(5-6-14)15(16,17)18/h2-4,7-8H,5-6,9,19H2,1H3. The average Bonchev–Trinajstić information content (AvgIpc) is 3.06. The number of hydrogen-bond acceptors (Lipinski definition) is 1. The van der Waals surface area contributed by atoms with Gasteiger partial charge in [-0.25, -0.2) is 0 Å². The lowest BCUT2D eigenvalue weighted by Crippen LogP contribution is -2.40. The highest BCUT2D eigenvalue weighted by molar-refractivity contribution is 5.74. The van der Waals surface area contributed by atoms with E-state index in [1.54, 1.807) is 18.2 Å². The summed E-state index contributed by atoms with van der Waals surface area (Å²) in [7, 11) is 0. The van der Waals surface area contributed by atoms with E-state index in [1.807, 2.05) is 19.1 Å². The lowest BCUT2D eigenvalue weighted by Gasteiger charge is -2.33. The van der Waals surface area contributed by atoms with E-state index in [1.165, 1.54) is 0 Å². The lowest BCUT2D eigenvalue weighted by atomic mass is 9.77. The van der Waals surface area contributed by atoms with E-state index in [0.717, 1.165) is 17.6 Å². The van der Waals surface area contributed by atoms with Crippen molar-refractivity contribution in [2.45, 2.75) is 43.3 Å². The predicted molar refractivity (Wildman–Crippen MR) is 68.6 cm³/mol. The van der Waals surface area contributed by atoms with Crippen LogP contribution in [0, 0.1) is 0 Å². The van der Waals surface area contributed by atoms with Crippen molar-refractivity contribution < 1.29 is 13.2 Å². The zero-order valence-electron chi connectivity index (χ0n) is 10.7. The average molecular weight is 267 g/mol. The van der Waals surface area contributed by atoms with Crippen LogP contribution in [0.3, 0.4) is 0 Å². The van der Waals surface area contributed by atoms with Gasteiger partial charge < -0.3 is 5.73 Å². The van der Waals surface area contributed by atoms with Gasteiger partial charge in [-0.15, -0.1) is 0 Å². The van der Waals surface area contributed by atoms with Gasteiger partial charge in [-0.3, -0.25) is 0 Å². The first-order chi connectivity index (χ1) is 8.74. The molecule has 1 atom stereocenters. The van der Waals surface area contributed by atoms with Gasteiger partial charge in [-0.1, -0.05) is 30.3 Å². The van der Waals surface area contributed by atoms with Gasteiger partial charge in [0.25, 0.3) is 0 Å². The van der Waals surface area contributed by atoms with E-state index in [4.69, 9.17) is 5.73 Å². The highest BCUT2D eigenvalue weighted by Gasteiger charge is 2.64. The molecule has 2 N–H and O–H groups in total. The van der Waals surface area contributed by atoms with Crippen LogP contribution in [-0.2, 0) is 5.41 Å². The fraction of sp³-hybridized carbons (Fsp3) is 0.467. The number of nitrogens with two attached hydrogens (primary N) is 1. The van der Waals surface area contributed by atoms with Crippen LogP contribution >= 0.6 is 0 Å². The summed E-state index contributed by atoms with van der Waals surface area (Å²) in [6.45, 7) is 1.92. The Kier molecular flexibility index (Phi) is 2.43. The first-order valence-electron chi connectivity index (χ1n) is 6.42. The molecule has 1 nitrogen and oxygen atoms in total. The summed E-state index contributed by atoms with van der Waals surface area (Å²) in [6, 6.07) is 6.84. The van der Waals surface area contributed by atoms with Gasteiger partial charge in [0.1, 0.15) is 0 Å². The van der Waals surface area contributed by atoms with E-state index in [-0.39, 0.29) is 18.4 Å². The second kappa shape index (κ2) is 3.63. The Labute approximate surface area is 110 Å². The third-order valence-corrected chi connectivity index (χ3v) is 4.15. The van der Waals surface area contributed by atoms with Gasteiger partial charge in [0.2, 0.25) is 0 Å². The molecule has 1 fully saturated rings. The first-order valence-corrected chi connectivity index (χ1v) is 6.42. The molecule has 102 valence electrons. The summed E-state index contributed by atoms with van der Waals surface area (Å²) in [4.78, 5) is 0. The quantitative estimate of drug-likeness (QED) is 0.867. The molecule has 0 bridgehead atoms. The predicted octanol–water partition coefficient (Wildman–Crippen LogP) is 3.79. The maximum atomic E-state index is 13.1. The number of rotatable bonds is 2. The molecule has 2 aliphatic carbocycles. The molecule has 1 aromatic rings. The van der Waals surface area contributed by atoms with Crippen molar-refractivity contribution >= 4 is 5.57 Å². The van der Waals surface area contributed by atoms with Crippen LogP contribution in [0.25, 0.3) is 5.57 Å². The van der Waals surface area contributed by atoms with Crippen LogP contribution in [0.1, 0.15) is 37.3 Å². The number of benzene rings is 1. The minimum atomic E-state index is -4.15. The molecule has 3 rings (SSSR count). The van der Waals surface area contributed by atoms with Crippen LogP contribution < -0.4 is 5.73 Å². The molecule has 0 radical (unpaired) electrons. The third kappa shape index (κ3) is 1.98. The van der Waals surface area contributed by atoms with Gasteiger partial charge in [0, 0.05) is 5.54 Å². The van der Waals surface area contributed by atoms with E-state index < -0.39 is 11.6 Å². The van der Waals surface area contributed by atoms with Crippen LogP contribution in [0.5, 0.6) is 0 Å². The lowest BCUT2D eigenvalue weighted by molar-refractivity contribution is -0.160. The molecule has 2 aliphatic rings. The van der Waals surface area contributed by atoms with Crippen LogP contribution in [0.2, 0.25) is 0 Å². The Morgan fingerprint density at radius 3 is 2.32 bits per heavy atom. The Morgan fingerprint density at radius 2 is 1.84 bits per heavy atom. The number of hydrogen-bond donors (Lipinski definition) is 1. The van der Waals surface area contributed by atoms with E-state index >= 15 is 0 Å². The second-order valence-electron chi connectivity index (χ2n) is 6.01. The van der Waals surface area contributed by atoms with Crippen molar-refractivity contribution in [1.82, 2.24) is 0 Å². The Morgan fingerprint density at radius 1 is 1.21 bits per heavy atom. The van der Waals surface area contributed by atoms with E-state index in [0.29, 0.717) is 5.56 Å². The van der Waals surface area contributed by atoms with Crippen molar-refractivity contribution in [1.29, 1.82) is 0 Å². The highest BCUT2D eigenvalue weighted by atomic mass is 19.4. The van der Waals surface area contributed by atoms with Crippen molar-refractivity contribution in [3.63, 3.8) is 0 Å². The van der Waals surface area contributed by atoms with Crippen molar-refractivity contribution in [2.24, 2.45) is 5.73 Å². The third-order valence-electron chi connectivity index (χ3n) is 4.15. The molecule has 0 aromatic heterocycles.